The van der Waals surface area contributed by atoms with Gasteiger partial charge in [-0.25, -0.2) is 0 Å². The van der Waals surface area contributed by atoms with Crippen LogP contribution in [0, 0.1) is 5.92 Å². The van der Waals surface area contributed by atoms with E-state index in [4.69, 9.17) is 9.47 Å². The number of rotatable bonds is 8. The van der Waals surface area contributed by atoms with Crippen molar-refractivity contribution in [1.29, 1.82) is 0 Å². The molecule has 7 heteroatoms. The minimum atomic E-state index is -0.753. The smallest absolute Gasteiger partial charge is 0.308 e. The minimum absolute atomic E-state index is 0.0229. The van der Waals surface area contributed by atoms with Crippen molar-refractivity contribution in [3.05, 3.63) is 65.2 Å². The van der Waals surface area contributed by atoms with E-state index in [9.17, 15) is 19.5 Å². The third-order valence-corrected chi connectivity index (χ3v) is 5.15. The summed E-state index contributed by atoms with van der Waals surface area (Å²) in [5.41, 5.74) is 1.05. The van der Waals surface area contributed by atoms with E-state index in [1.807, 2.05) is 20.8 Å². The van der Waals surface area contributed by atoms with Gasteiger partial charge in [-0.2, -0.15) is 0 Å². The van der Waals surface area contributed by atoms with Gasteiger partial charge in [0.15, 0.2) is 0 Å². The number of hydrogen-bond donors (Lipinski definition) is 1. The summed E-state index contributed by atoms with van der Waals surface area (Å²) in [6, 6.07) is 12.7. The first-order chi connectivity index (χ1) is 15.7. The number of carbonyl (C=O) groups is 3. The van der Waals surface area contributed by atoms with Crippen LogP contribution in [0.5, 0.6) is 11.5 Å². The van der Waals surface area contributed by atoms with Crippen LogP contribution in [0.3, 0.4) is 0 Å². The molecule has 1 aliphatic heterocycles. The Balaban J connectivity index is 2.06. The van der Waals surface area contributed by atoms with Gasteiger partial charge < -0.3 is 19.5 Å². The first-order valence-electron chi connectivity index (χ1n) is 11.0. The summed E-state index contributed by atoms with van der Waals surface area (Å²) in [6.07, 6.45) is 0.646. The third kappa shape index (κ3) is 5.42. The summed E-state index contributed by atoms with van der Waals surface area (Å²) in [4.78, 5) is 38.5. The number of esters is 1. The number of aliphatic hydroxyl groups is 1. The van der Waals surface area contributed by atoms with Crippen LogP contribution in [0.15, 0.2) is 54.1 Å². The second-order valence-electron chi connectivity index (χ2n) is 8.39. The maximum Gasteiger partial charge on any atom is 0.308 e. The summed E-state index contributed by atoms with van der Waals surface area (Å²) >= 11 is 0. The Morgan fingerprint density at radius 3 is 2.39 bits per heavy atom. The first kappa shape index (κ1) is 24.0. The molecule has 0 aromatic heterocycles. The summed E-state index contributed by atoms with van der Waals surface area (Å²) in [7, 11) is 0. The van der Waals surface area contributed by atoms with Gasteiger partial charge in [-0.05, 0) is 42.2 Å². The molecule has 0 radical (unpaired) electrons. The van der Waals surface area contributed by atoms with E-state index in [0.29, 0.717) is 48.1 Å². The molecule has 2 aromatic rings. The van der Waals surface area contributed by atoms with Gasteiger partial charge in [0.2, 0.25) is 0 Å². The number of likely N-dealkylation sites (tertiary alicyclic amines) is 1. The van der Waals surface area contributed by atoms with E-state index < -0.39 is 23.7 Å². The number of amides is 1. The molecule has 1 aliphatic rings. The molecule has 3 rings (SSSR count). The number of nitrogens with zero attached hydrogens (tertiary/aromatic N) is 1. The Morgan fingerprint density at radius 2 is 1.79 bits per heavy atom. The maximum atomic E-state index is 13.0. The fourth-order valence-electron chi connectivity index (χ4n) is 3.73. The van der Waals surface area contributed by atoms with Crippen LogP contribution in [-0.2, 0) is 14.4 Å². The molecule has 0 spiro atoms. The lowest BCUT2D eigenvalue weighted by Crippen LogP contribution is -2.30. The molecule has 1 saturated heterocycles. The minimum Gasteiger partial charge on any atom is -0.507 e. The van der Waals surface area contributed by atoms with Crippen molar-refractivity contribution >= 4 is 23.4 Å². The highest BCUT2D eigenvalue weighted by atomic mass is 16.5. The molecule has 0 aliphatic carbocycles. The second kappa shape index (κ2) is 10.3. The highest BCUT2D eigenvalue weighted by Gasteiger charge is 2.45. The van der Waals surface area contributed by atoms with Crippen LogP contribution in [0.25, 0.3) is 5.76 Å². The SMILES string of the molecule is CCCN1C(=O)C(=O)/C(=C(\O)c2cccc(OCC(C)C)c2)C1c1ccc(OC(C)=O)cc1. The van der Waals surface area contributed by atoms with Gasteiger partial charge >= 0.3 is 5.97 Å². The zero-order valence-electron chi connectivity index (χ0n) is 19.3. The molecular formula is C26H29NO6. The molecule has 1 unspecified atom stereocenters. The number of aliphatic hydroxyl groups excluding tert-OH is 1. The van der Waals surface area contributed by atoms with Crippen molar-refractivity contribution in [3.8, 4) is 11.5 Å². The van der Waals surface area contributed by atoms with Crippen LogP contribution < -0.4 is 9.47 Å². The number of ketones is 1. The van der Waals surface area contributed by atoms with Crippen molar-refractivity contribution in [2.45, 2.75) is 40.2 Å². The number of ether oxygens (including phenoxy) is 2. The average molecular weight is 452 g/mol. The van der Waals surface area contributed by atoms with Crippen molar-refractivity contribution in [2.24, 2.45) is 5.92 Å². The van der Waals surface area contributed by atoms with Gasteiger partial charge in [0.05, 0.1) is 18.2 Å². The normalized spacial score (nSPS) is 17.5. The molecule has 1 atom stereocenters. The monoisotopic (exact) mass is 451 g/mol. The second-order valence-corrected chi connectivity index (χ2v) is 8.39. The van der Waals surface area contributed by atoms with E-state index in [-0.39, 0.29) is 11.3 Å². The fourth-order valence-corrected chi connectivity index (χ4v) is 3.73. The number of Topliss-reactive ketones (excluding diaryl/α,β-unsaturated/α-hetero) is 1. The Bertz CT molecular complexity index is 1070. The molecule has 33 heavy (non-hydrogen) atoms. The van der Waals surface area contributed by atoms with Gasteiger partial charge in [0.1, 0.15) is 17.3 Å². The molecule has 1 amide bonds. The standard InChI is InChI=1S/C26H29NO6/c1-5-13-27-23(18-9-11-20(12-10-18)33-17(4)28)22(25(30)26(27)31)24(29)19-7-6-8-21(14-19)32-15-16(2)3/h6-12,14,16,23,29H,5,13,15H2,1-4H3/b24-22-. The summed E-state index contributed by atoms with van der Waals surface area (Å²) in [5, 5.41) is 11.2. The van der Waals surface area contributed by atoms with Crippen LogP contribution in [-0.4, -0.2) is 40.8 Å². The Hall–Kier alpha value is -3.61. The molecule has 1 N–H and O–H groups in total. The zero-order valence-corrected chi connectivity index (χ0v) is 19.3. The van der Waals surface area contributed by atoms with E-state index >= 15 is 0 Å². The molecule has 7 nitrogen and oxygen atoms in total. The Morgan fingerprint density at radius 1 is 1.09 bits per heavy atom. The maximum absolute atomic E-state index is 13.0. The average Bonchev–Trinajstić information content (AvgIpc) is 3.03. The highest BCUT2D eigenvalue weighted by Crippen LogP contribution is 2.40. The van der Waals surface area contributed by atoms with Gasteiger partial charge in [-0.15, -0.1) is 0 Å². The predicted molar refractivity (Wildman–Crippen MR) is 124 cm³/mol. The van der Waals surface area contributed by atoms with Gasteiger partial charge in [0.25, 0.3) is 11.7 Å². The quantitative estimate of drug-likeness (QED) is 0.209. The highest BCUT2D eigenvalue weighted by molar-refractivity contribution is 6.46. The molecule has 1 heterocycles. The van der Waals surface area contributed by atoms with Crippen LogP contribution >= 0.6 is 0 Å². The summed E-state index contributed by atoms with van der Waals surface area (Å²) < 4.78 is 10.8. The van der Waals surface area contributed by atoms with E-state index in [2.05, 4.69) is 0 Å². The number of carbonyl (C=O) groups excluding carboxylic acids is 3. The number of benzene rings is 2. The Kier molecular flexibility index (Phi) is 7.53. The molecule has 2 aromatic carbocycles. The summed E-state index contributed by atoms with van der Waals surface area (Å²) in [5.74, 6) is -0.832. The van der Waals surface area contributed by atoms with Crippen LogP contribution in [0.2, 0.25) is 0 Å². The van der Waals surface area contributed by atoms with Gasteiger partial charge in [-0.1, -0.05) is 45.0 Å². The van der Waals surface area contributed by atoms with Gasteiger partial charge in [0, 0.05) is 19.0 Å². The van der Waals surface area contributed by atoms with Crippen molar-refractivity contribution < 1.29 is 29.0 Å². The molecular weight excluding hydrogens is 422 g/mol. The lowest BCUT2D eigenvalue weighted by molar-refractivity contribution is -0.139. The lowest BCUT2D eigenvalue weighted by atomic mass is 9.95. The van der Waals surface area contributed by atoms with E-state index in [1.165, 1.54) is 11.8 Å². The third-order valence-electron chi connectivity index (χ3n) is 5.15. The fraction of sp³-hybridized carbons (Fsp3) is 0.346. The largest absolute Gasteiger partial charge is 0.507 e. The topological polar surface area (TPSA) is 93.1 Å². The Labute approximate surface area is 193 Å². The molecule has 0 bridgehead atoms. The van der Waals surface area contributed by atoms with Crippen molar-refractivity contribution in [1.82, 2.24) is 4.90 Å². The van der Waals surface area contributed by atoms with Crippen LogP contribution in [0.4, 0.5) is 0 Å². The van der Waals surface area contributed by atoms with Crippen molar-refractivity contribution in [3.63, 3.8) is 0 Å². The predicted octanol–water partition coefficient (Wildman–Crippen LogP) is 4.48. The van der Waals surface area contributed by atoms with Crippen LogP contribution in [0.1, 0.15) is 51.3 Å². The van der Waals surface area contributed by atoms with E-state index in [1.54, 1.807) is 48.5 Å². The number of hydrogen-bond acceptors (Lipinski definition) is 6. The zero-order chi connectivity index (χ0) is 24.1. The molecule has 174 valence electrons. The first-order valence-corrected chi connectivity index (χ1v) is 11.0. The molecule has 1 fully saturated rings. The summed E-state index contributed by atoms with van der Waals surface area (Å²) in [6.45, 7) is 8.16. The van der Waals surface area contributed by atoms with E-state index in [0.717, 1.165) is 0 Å². The lowest BCUT2D eigenvalue weighted by Gasteiger charge is -2.25. The van der Waals surface area contributed by atoms with Gasteiger partial charge in [-0.3, -0.25) is 14.4 Å². The van der Waals surface area contributed by atoms with Crippen molar-refractivity contribution in [2.75, 3.05) is 13.2 Å². The molecule has 0 saturated carbocycles.